The molecule has 33 heavy (non-hydrogen) atoms. The smallest absolute Gasteiger partial charge is 0.252 e. The SMILES string of the molecule is COCC(Nc1cc(Nc2cccc(N3CCOCC3)c2)ncc1C(N)=O)c1ccccc1. The van der Waals surface area contributed by atoms with Gasteiger partial charge in [0.05, 0.1) is 37.1 Å². The molecule has 2 heterocycles. The third-order valence-corrected chi connectivity index (χ3v) is 5.53. The van der Waals surface area contributed by atoms with Gasteiger partial charge in [0.1, 0.15) is 5.82 Å². The Kier molecular flexibility index (Phi) is 7.39. The summed E-state index contributed by atoms with van der Waals surface area (Å²) in [5.41, 5.74) is 9.60. The van der Waals surface area contributed by atoms with Crippen molar-refractivity contribution in [2.45, 2.75) is 6.04 Å². The lowest BCUT2D eigenvalue weighted by Gasteiger charge is -2.29. The first-order chi connectivity index (χ1) is 16.1. The van der Waals surface area contributed by atoms with Crippen molar-refractivity contribution in [3.05, 3.63) is 78.0 Å². The predicted molar refractivity (Wildman–Crippen MR) is 130 cm³/mol. The number of carbonyl (C=O) groups is 1. The van der Waals surface area contributed by atoms with E-state index in [0.29, 0.717) is 23.7 Å². The van der Waals surface area contributed by atoms with Crippen LogP contribution in [0, 0.1) is 0 Å². The summed E-state index contributed by atoms with van der Waals surface area (Å²) in [4.78, 5) is 18.8. The van der Waals surface area contributed by atoms with Crippen LogP contribution in [0.25, 0.3) is 0 Å². The molecule has 0 bridgehead atoms. The Balaban J connectivity index is 1.58. The van der Waals surface area contributed by atoms with E-state index >= 15 is 0 Å². The van der Waals surface area contributed by atoms with Gasteiger partial charge in [-0.2, -0.15) is 0 Å². The fraction of sp³-hybridized carbons (Fsp3) is 0.280. The van der Waals surface area contributed by atoms with Gasteiger partial charge in [-0.3, -0.25) is 4.79 Å². The van der Waals surface area contributed by atoms with Crippen LogP contribution in [0.15, 0.2) is 66.9 Å². The number of morpholine rings is 1. The molecule has 8 nitrogen and oxygen atoms in total. The number of primary amides is 1. The highest BCUT2D eigenvalue weighted by Gasteiger charge is 2.17. The summed E-state index contributed by atoms with van der Waals surface area (Å²) in [6.45, 7) is 3.61. The van der Waals surface area contributed by atoms with Crippen LogP contribution in [0.5, 0.6) is 0 Å². The fourth-order valence-electron chi connectivity index (χ4n) is 3.85. The zero-order valence-electron chi connectivity index (χ0n) is 18.7. The summed E-state index contributed by atoms with van der Waals surface area (Å²) in [5, 5.41) is 6.75. The maximum absolute atomic E-state index is 12.1. The van der Waals surface area contributed by atoms with Gasteiger partial charge in [-0.25, -0.2) is 4.98 Å². The number of nitrogens with zero attached hydrogens (tertiary/aromatic N) is 2. The highest BCUT2D eigenvalue weighted by atomic mass is 16.5. The molecule has 1 aliphatic heterocycles. The molecule has 1 aliphatic rings. The number of aromatic nitrogens is 1. The van der Waals surface area contributed by atoms with E-state index in [1.165, 1.54) is 6.20 Å². The molecule has 3 aromatic rings. The molecule has 0 spiro atoms. The van der Waals surface area contributed by atoms with E-state index in [-0.39, 0.29) is 6.04 Å². The van der Waals surface area contributed by atoms with Crippen LogP contribution >= 0.6 is 0 Å². The highest BCUT2D eigenvalue weighted by molar-refractivity contribution is 5.98. The van der Waals surface area contributed by atoms with Crippen molar-refractivity contribution in [1.82, 2.24) is 4.98 Å². The molecule has 4 N–H and O–H groups in total. The quantitative estimate of drug-likeness (QED) is 0.461. The first-order valence-electron chi connectivity index (χ1n) is 10.9. The lowest BCUT2D eigenvalue weighted by Crippen LogP contribution is -2.36. The number of hydrogen-bond acceptors (Lipinski definition) is 7. The Hall–Kier alpha value is -3.62. The molecule has 1 fully saturated rings. The van der Waals surface area contributed by atoms with Gasteiger partial charge < -0.3 is 30.7 Å². The fourth-order valence-corrected chi connectivity index (χ4v) is 3.85. The van der Waals surface area contributed by atoms with Crippen LogP contribution < -0.4 is 21.3 Å². The Morgan fingerprint density at radius 3 is 2.67 bits per heavy atom. The van der Waals surface area contributed by atoms with E-state index in [4.69, 9.17) is 15.2 Å². The molecule has 0 saturated carbocycles. The lowest BCUT2D eigenvalue weighted by molar-refractivity contribution is 0.100. The molecule has 1 unspecified atom stereocenters. The Bertz CT molecular complexity index is 1070. The summed E-state index contributed by atoms with van der Waals surface area (Å²) < 4.78 is 10.9. The second-order valence-corrected chi connectivity index (χ2v) is 7.82. The molecule has 2 aromatic carbocycles. The topological polar surface area (TPSA) is 102 Å². The Morgan fingerprint density at radius 1 is 1.15 bits per heavy atom. The lowest BCUT2D eigenvalue weighted by atomic mass is 10.1. The van der Waals surface area contributed by atoms with Crippen LogP contribution in [-0.2, 0) is 9.47 Å². The van der Waals surface area contributed by atoms with Crippen LogP contribution in [0.3, 0.4) is 0 Å². The number of pyridine rings is 1. The standard InChI is InChI=1S/C25H29N5O3/c1-32-17-23(18-6-3-2-4-7-18)29-22-15-24(27-16-21(22)25(26)31)28-19-8-5-9-20(14-19)30-10-12-33-13-11-30/h2-9,14-16,23H,10-13,17H2,1H3,(H2,26,31)(H2,27,28,29). The molecule has 172 valence electrons. The molecule has 4 rings (SSSR count). The molecular weight excluding hydrogens is 418 g/mol. The third-order valence-electron chi connectivity index (χ3n) is 5.53. The number of benzene rings is 2. The van der Waals surface area contributed by atoms with Gasteiger partial charge in [0, 0.05) is 43.8 Å². The van der Waals surface area contributed by atoms with Gasteiger partial charge in [-0.05, 0) is 23.8 Å². The number of nitrogens with two attached hydrogens (primary N) is 1. The largest absolute Gasteiger partial charge is 0.382 e. The highest BCUT2D eigenvalue weighted by Crippen LogP contribution is 2.28. The molecule has 1 atom stereocenters. The maximum atomic E-state index is 12.1. The summed E-state index contributed by atoms with van der Waals surface area (Å²) in [6, 6.07) is 19.7. The van der Waals surface area contributed by atoms with Crippen molar-refractivity contribution in [1.29, 1.82) is 0 Å². The summed E-state index contributed by atoms with van der Waals surface area (Å²) >= 11 is 0. The number of amides is 1. The van der Waals surface area contributed by atoms with Crippen LogP contribution in [0.1, 0.15) is 22.0 Å². The molecule has 8 heteroatoms. The van der Waals surface area contributed by atoms with E-state index in [2.05, 4.69) is 32.7 Å². The number of nitrogens with one attached hydrogen (secondary N) is 2. The average molecular weight is 448 g/mol. The van der Waals surface area contributed by atoms with Gasteiger partial charge in [0.25, 0.3) is 5.91 Å². The minimum atomic E-state index is -0.546. The molecule has 1 amide bonds. The van der Waals surface area contributed by atoms with Crippen LogP contribution in [0.4, 0.5) is 22.9 Å². The van der Waals surface area contributed by atoms with E-state index in [1.807, 2.05) is 42.5 Å². The van der Waals surface area contributed by atoms with E-state index < -0.39 is 5.91 Å². The average Bonchev–Trinajstić information content (AvgIpc) is 2.85. The maximum Gasteiger partial charge on any atom is 0.252 e. The van der Waals surface area contributed by atoms with Crippen molar-refractivity contribution in [2.24, 2.45) is 5.73 Å². The summed E-state index contributed by atoms with van der Waals surface area (Å²) in [7, 11) is 1.65. The summed E-state index contributed by atoms with van der Waals surface area (Å²) in [6.07, 6.45) is 1.49. The first kappa shape index (κ1) is 22.6. The van der Waals surface area contributed by atoms with Gasteiger partial charge >= 0.3 is 0 Å². The van der Waals surface area contributed by atoms with Gasteiger partial charge in [-0.15, -0.1) is 0 Å². The van der Waals surface area contributed by atoms with Crippen molar-refractivity contribution >= 4 is 28.8 Å². The second-order valence-electron chi connectivity index (χ2n) is 7.82. The molecule has 0 aliphatic carbocycles. The van der Waals surface area contributed by atoms with E-state index in [1.54, 1.807) is 13.2 Å². The Morgan fingerprint density at radius 2 is 1.94 bits per heavy atom. The zero-order chi connectivity index (χ0) is 23.0. The zero-order valence-corrected chi connectivity index (χ0v) is 18.7. The second kappa shape index (κ2) is 10.8. The minimum Gasteiger partial charge on any atom is -0.382 e. The van der Waals surface area contributed by atoms with E-state index in [9.17, 15) is 4.79 Å². The summed E-state index contributed by atoms with van der Waals surface area (Å²) in [5.74, 6) is 0.0564. The predicted octanol–water partition coefficient (Wildman–Crippen LogP) is 3.56. The molecular formula is C25H29N5O3. The molecule has 1 aromatic heterocycles. The monoisotopic (exact) mass is 447 g/mol. The van der Waals surface area contributed by atoms with Crippen molar-refractivity contribution < 1.29 is 14.3 Å². The van der Waals surface area contributed by atoms with Crippen molar-refractivity contribution in [2.75, 3.05) is 55.6 Å². The van der Waals surface area contributed by atoms with E-state index in [0.717, 1.165) is 43.2 Å². The first-order valence-corrected chi connectivity index (χ1v) is 10.9. The van der Waals surface area contributed by atoms with Crippen molar-refractivity contribution in [3.8, 4) is 0 Å². The third kappa shape index (κ3) is 5.79. The van der Waals surface area contributed by atoms with Crippen molar-refractivity contribution in [3.63, 3.8) is 0 Å². The number of carbonyl (C=O) groups excluding carboxylic acids is 1. The van der Waals surface area contributed by atoms with Gasteiger partial charge in [0.2, 0.25) is 0 Å². The Labute approximate surface area is 193 Å². The molecule has 0 radical (unpaired) electrons. The number of anilines is 4. The van der Waals surface area contributed by atoms with Crippen LogP contribution in [0.2, 0.25) is 0 Å². The number of methoxy groups -OCH3 is 1. The van der Waals surface area contributed by atoms with Gasteiger partial charge in [-0.1, -0.05) is 36.4 Å². The van der Waals surface area contributed by atoms with Gasteiger partial charge in [0.15, 0.2) is 0 Å². The minimum absolute atomic E-state index is 0.158. The number of hydrogen-bond donors (Lipinski definition) is 3. The normalized spacial score (nSPS) is 14.5. The number of rotatable bonds is 9. The number of ether oxygens (including phenoxy) is 2. The molecule has 1 saturated heterocycles. The van der Waals surface area contributed by atoms with Crippen LogP contribution in [-0.4, -0.2) is 50.9 Å².